The lowest BCUT2D eigenvalue weighted by molar-refractivity contribution is -0.132. The van der Waals surface area contributed by atoms with Gasteiger partial charge < -0.3 is 14.3 Å². The molecule has 0 amide bonds. The molecule has 1 aliphatic carbocycles. The van der Waals surface area contributed by atoms with Gasteiger partial charge in [-0.15, -0.1) is 0 Å². The topological polar surface area (TPSA) is 57.1 Å². The maximum atomic E-state index is 11.0. The molecule has 2 rings (SSSR count). The zero-order valence-corrected chi connectivity index (χ0v) is 15.3. The van der Waals surface area contributed by atoms with Gasteiger partial charge in [0.1, 0.15) is 19.0 Å². The molecule has 1 aromatic rings. The number of para-hydroxylation sites is 1. The number of carbonyl (C=O) groups is 1. The van der Waals surface area contributed by atoms with Gasteiger partial charge in [0.05, 0.1) is 7.11 Å². The summed E-state index contributed by atoms with van der Waals surface area (Å²) in [6.45, 7) is 7.17. The minimum Gasteiger partial charge on any atom is -0.489 e. The van der Waals surface area contributed by atoms with Crippen molar-refractivity contribution in [3.05, 3.63) is 52.1 Å². The SMILES string of the molecule is COC(=O)C=NOCC1=C(COc2ccccc2C)CC(C)=C(C)C1. The van der Waals surface area contributed by atoms with Crippen LogP contribution in [0.15, 0.2) is 51.7 Å². The molecule has 1 aliphatic rings. The molecule has 5 heteroatoms. The molecule has 0 aromatic heterocycles. The van der Waals surface area contributed by atoms with E-state index in [0.717, 1.165) is 35.9 Å². The number of hydrogen-bond donors (Lipinski definition) is 0. The Morgan fingerprint density at radius 1 is 1.08 bits per heavy atom. The van der Waals surface area contributed by atoms with E-state index in [2.05, 4.69) is 23.7 Å². The lowest BCUT2D eigenvalue weighted by Gasteiger charge is -2.23. The Morgan fingerprint density at radius 2 is 1.72 bits per heavy atom. The summed E-state index contributed by atoms with van der Waals surface area (Å²) in [4.78, 5) is 16.3. The molecular formula is C20H25NO4. The monoisotopic (exact) mass is 343 g/mol. The maximum Gasteiger partial charge on any atom is 0.352 e. The molecule has 0 N–H and O–H groups in total. The number of esters is 1. The van der Waals surface area contributed by atoms with Gasteiger partial charge in [-0.05, 0) is 56.4 Å². The molecule has 0 aliphatic heterocycles. The van der Waals surface area contributed by atoms with Gasteiger partial charge in [0.15, 0.2) is 6.21 Å². The maximum absolute atomic E-state index is 11.0. The van der Waals surface area contributed by atoms with E-state index in [9.17, 15) is 4.79 Å². The van der Waals surface area contributed by atoms with Crippen molar-refractivity contribution in [3.8, 4) is 5.75 Å². The third-order valence-electron chi connectivity index (χ3n) is 4.35. The van der Waals surface area contributed by atoms with Crippen molar-refractivity contribution >= 4 is 12.2 Å². The minimum atomic E-state index is -0.535. The van der Waals surface area contributed by atoms with Crippen LogP contribution < -0.4 is 4.74 Å². The van der Waals surface area contributed by atoms with Crippen molar-refractivity contribution < 1.29 is 19.1 Å². The summed E-state index contributed by atoms with van der Waals surface area (Å²) in [7, 11) is 1.30. The summed E-state index contributed by atoms with van der Waals surface area (Å²) in [6.07, 6.45) is 2.74. The quantitative estimate of drug-likeness (QED) is 0.325. The molecule has 25 heavy (non-hydrogen) atoms. The van der Waals surface area contributed by atoms with Gasteiger partial charge >= 0.3 is 5.97 Å². The van der Waals surface area contributed by atoms with E-state index >= 15 is 0 Å². The van der Waals surface area contributed by atoms with Gasteiger partial charge in [-0.1, -0.05) is 34.5 Å². The molecule has 0 saturated heterocycles. The first-order valence-electron chi connectivity index (χ1n) is 8.28. The Kier molecular flexibility index (Phi) is 6.81. The number of benzene rings is 1. The van der Waals surface area contributed by atoms with Crippen LogP contribution in [0.1, 0.15) is 32.3 Å². The summed E-state index contributed by atoms with van der Waals surface area (Å²) in [5, 5.41) is 3.66. The lowest BCUT2D eigenvalue weighted by atomic mass is 9.88. The van der Waals surface area contributed by atoms with Crippen LogP contribution in [0.5, 0.6) is 5.75 Å². The van der Waals surface area contributed by atoms with E-state index in [4.69, 9.17) is 9.57 Å². The molecule has 5 nitrogen and oxygen atoms in total. The number of allylic oxidation sites excluding steroid dienone is 2. The zero-order valence-electron chi connectivity index (χ0n) is 15.3. The largest absolute Gasteiger partial charge is 0.489 e. The first kappa shape index (κ1) is 18.8. The molecule has 0 bridgehead atoms. The van der Waals surface area contributed by atoms with Crippen LogP contribution in [0.2, 0.25) is 0 Å². The van der Waals surface area contributed by atoms with Gasteiger partial charge in [0.2, 0.25) is 0 Å². The normalized spacial score (nSPS) is 14.9. The second-order valence-corrected chi connectivity index (χ2v) is 6.21. The highest BCUT2D eigenvalue weighted by Gasteiger charge is 2.17. The van der Waals surface area contributed by atoms with Crippen molar-refractivity contribution in [2.75, 3.05) is 20.3 Å². The molecule has 0 atom stereocenters. The summed E-state index contributed by atoms with van der Waals surface area (Å²) in [6, 6.07) is 7.98. The summed E-state index contributed by atoms with van der Waals surface area (Å²) < 4.78 is 10.5. The Hall–Kier alpha value is -2.56. The van der Waals surface area contributed by atoms with E-state index in [1.165, 1.54) is 23.8 Å². The number of hydrogen-bond acceptors (Lipinski definition) is 5. The third kappa shape index (κ3) is 5.48. The third-order valence-corrected chi connectivity index (χ3v) is 4.35. The van der Waals surface area contributed by atoms with Gasteiger partial charge in [-0.3, -0.25) is 0 Å². The first-order chi connectivity index (χ1) is 12.0. The molecule has 134 valence electrons. The molecular weight excluding hydrogens is 318 g/mol. The minimum absolute atomic E-state index is 0.338. The number of carbonyl (C=O) groups excluding carboxylic acids is 1. The summed E-state index contributed by atoms with van der Waals surface area (Å²) in [5.41, 5.74) is 6.18. The molecule has 0 saturated carbocycles. The predicted octanol–water partition coefficient (Wildman–Crippen LogP) is 3.98. The summed E-state index contributed by atoms with van der Waals surface area (Å²) in [5.74, 6) is 0.357. The highest BCUT2D eigenvalue weighted by Crippen LogP contribution is 2.30. The zero-order chi connectivity index (χ0) is 18.2. The second-order valence-electron chi connectivity index (χ2n) is 6.21. The van der Waals surface area contributed by atoms with Crippen LogP contribution in [0.3, 0.4) is 0 Å². The lowest BCUT2D eigenvalue weighted by Crippen LogP contribution is -2.13. The van der Waals surface area contributed by atoms with Crippen LogP contribution in [0.4, 0.5) is 0 Å². The van der Waals surface area contributed by atoms with Gasteiger partial charge in [-0.2, -0.15) is 0 Å². The van der Waals surface area contributed by atoms with Gasteiger partial charge in [0, 0.05) is 0 Å². The fourth-order valence-corrected chi connectivity index (χ4v) is 2.63. The molecule has 0 fully saturated rings. The molecule has 0 unspecified atom stereocenters. The Labute approximate surface area is 149 Å². The van der Waals surface area contributed by atoms with Crippen LogP contribution in [0.25, 0.3) is 0 Å². The number of ether oxygens (including phenoxy) is 2. The molecule has 0 spiro atoms. The van der Waals surface area contributed by atoms with Crippen LogP contribution in [-0.4, -0.2) is 32.5 Å². The summed E-state index contributed by atoms with van der Waals surface area (Å²) >= 11 is 0. The van der Waals surface area contributed by atoms with Crippen molar-refractivity contribution in [1.29, 1.82) is 0 Å². The van der Waals surface area contributed by atoms with Crippen molar-refractivity contribution in [2.24, 2.45) is 5.16 Å². The molecule has 0 radical (unpaired) electrons. The fraction of sp³-hybridized carbons (Fsp3) is 0.400. The smallest absolute Gasteiger partial charge is 0.352 e. The van der Waals surface area contributed by atoms with E-state index < -0.39 is 5.97 Å². The van der Waals surface area contributed by atoms with Gasteiger partial charge in [0.25, 0.3) is 0 Å². The van der Waals surface area contributed by atoms with E-state index in [1.54, 1.807) is 0 Å². The molecule has 0 heterocycles. The average Bonchev–Trinajstić information content (AvgIpc) is 2.61. The van der Waals surface area contributed by atoms with Crippen LogP contribution in [-0.2, 0) is 14.4 Å². The Balaban J connectivity index is 2.04. The van der Waals surface area contributed by atoms with E-state index in [1.807, 2.05) is 31.2 Å². The Bertz CT molecular complexity index is 716. The van der Waals surface area contributed by atoms with Crippen LogP contribution >= 0.6 is 0 Å². The van der Waals surface area contributed by atoms with Crippen molar-refractivity contribution in [3.63, 3.8) is 0 Å². The Morgan fingerprint density at radius 3 is 2.36 bits per heavy atom. The van der Waals surface area contributed by atoms with E-state index in [0.29, 0.717) is 13.2 Å². The highest BCUT2D eigenvalue weighted by atomic mass is 16.6. The second kappa shape index (κ2) is 9.06. The van der Waals surface area contributed by atoms with Crippen molar-refractivity contribution in [2.45, 2.75) is 33.6 Å². The predicted molar refractivity (Wildman–Crippen MR) is 97.8 cm³/mol. The highest BCUT2D eigenvalue weighted by molar-refractivity contribution is 6.22. The standard InChI is InChI=1S/C20H25NO4/c1-14-7-5-6-8-19(14)24-12-17-9-15(2)16(3)10-18(17)13-25-21-11-20(22)23-4/h5-8,11H,9-10,12-13H2,1-4H3. The number of oxime groups is 1. The first-order valence-corrected chi connectivity index (χ1v) is 8.28. The fourth-order valence-electron chi connectivity index (χ4n) is 2.63. The number of aryl methyl sites for hydroxylation is 1. The van der Waals surface area contributed by atoms with Crippen molar-refractivity contribution in [1.82, 2.24) is 0 Å². The number of rotatable bonds is 7. The number of methoxy groups -OCH3 is 1. The van der Waals surface area contributed by atoms with Gasteiger partial charge in [-0.25, -0.2) is 4.79 Å². The van der Waals surface area contributed by atoms with E-state index in [-0.39, 0.29) is 0 Å². The average molecular weight is 343 g/mol. The number of nitrogens with zero attached hydrogens (tertiary/aromatic N) is 1. The molecule has 1 aromatic carbocycles. The van der Waals surface area contributed by atoms with Crippen LogP contribution in [0, 0.1) is 6.92 Å².